The monoisotopic (exact) mass is 256 g/mol. The minimum Gasteiger partial charge on any atom is -0.481 e. The first-order valence-electron chi connectivity index (χ1n) is 6.82. The van der Waals surface area contributed by atoms with E-state index >= 15 is 0 Å². The van der Waals surface area contributed by atoms with Crippen molar-refractivity contribution in [1.82, 2.24) is 9.80 Å². The number of carbonyl (C=O) groups is 2. The lowest BCUT2D eigenvalue weighted by molar-refractivity contribution is -0.140. The minimum atomic E-state index is -0.776. The van der Waals surface area contributed by atoms with E-state index in [0.717, 1.165) is 25.8 Å². The molecule has 0 spiro atoms. The summed E-state index contributed by atoms with van der Waals surface area (Å²) in [4.78, 5) is 26.7. The maximum absolute atomic E-state index is 12.0. The van der Waals surface area contributed by atoms with Crippen LogP contribution in [0.25, 0.3) is 0 Å². The molecule has 1 unspecified atom stereocenters. The van der Waals surface area contributed by atoms with Gasteiger partial charge in [-0.1, -0.05) is 6.42 Å². The summed E-state index contributed by atoms with van der Waals surface area (Å²) in [6.07, 6.45) is 3.15. The van der Waals surface area contributed by atoms with Gasteiger partial charge in [0.1, 0.15) is 0 Å². The average molecular weight is 256 g/mol. The molecule has 0 aliphatic carbocycles. The van der Waals surface area contributed by atoms with Crippen LogP contribution in [0.15, 0.2) is 0 Å². The zero-order chi connectivity index (χ0) is 13.5. The Morgan fingerprint density at radius 1 is 1.28 bits per heavy atom. The molecule has 1 saturated heterocycles. The van der Waals surface area contributed by atoms with E-state index in [0.29, 0.717) is 19.6 Å². The first-order valence-corrected chi connectivity index (χ1v) is 6.82. The topological polar surface area (TPSA) is 60.9 Å². The van der Waals surface area contributed by atoms with Crippen LogP contribution in [0, 0.1) is 0 Å². The lowest BCUT2D eigenvalue weighted by Crippen LogP contribution is -2.47. The predicted octanol–water partition coefficient (Wildman–Crippen LogP) is 1.18. The van der Waals surface area contributed by atoms with Gasteiger partial charge in [0.05, 0.1) is 13.0 Å². The Hall–Kier alpha value is -1.10. The van der Waals surface area contributed by atoms with Crippen molar-refractivity contribution in [2.75, 3.05) is 26.2 Å². The molecule has 1 aliphatic rings. The molecule has 1 amide bonds. The second-order valence-electron chi connectivity index (χ2n) is 4.78. The molecule has 0 radical (unpaired) electrons. The highest BCUT2D eigenvalue weighted by Gasteiger charge is 2.27. The first kappa shape index (κ1) is 15.0. The molecule has 0 aromatic heterocycles. The van der Waals surface area contributed by atoms with E-state index in [1.54, 1.807) is 4.90 Å². The van der Waals surface area contributed by atoms with Crippen molar-refractivity contribution < 1.29 is 14.7 Å². The average Bonchev–Trinajstić information content (AvgIpc) is 2.32. The number of aliphatic carboxylic acids is 1. The summed E-state index contributed by atoms with van der Waals surface area (Å²) in [5, 5.41) is 8.90. The number of hydrogen-bond acceptors (Lipinski definition) is 3. The third-order valence-corrected chi connectivity index (χ3v) is 3.61. The predicted molar refractivity (Wildman–Crippen MR) is 69.4 cm³/mol. The van der Waals surface area contributed by atoms with Crippen molar-refractivity contribution in [3.8, 4) is 0 Å². The fourth-order valence-corrected chi connectivity index (χ4v) is 2.55. The molecule has 0 saturated carbocycles. The highest BCUT2D eigenvalue weighted by atomic mass is 16.4. The summed E-state index contributed by atoms with van der Waals surface area (Å²) in [6, 6.07) is 0.0239. The molecule has 18 heavy (non-hydrogen) atoms. The van der Waals surface area contributed by atoms with E-state index in [2.05, 4.69) is 0 Å². The Bertz CT molecular complexity index is 290. The summed E-state index contributed by atoms with van der Waals surface area (Å²) in [7, 11) is 0. The van der Waals surface area contributed by atoms with Crippen LogP contribution < -0.4 is 0 Å². The van der Waals surface area contributed by atoms with E-state index in [9.17, 15) is 9.59 Å². The van der Waals surface area contributed by atoms with E-state index in [1.165, 1.54) is 0 Å². The van der Waals surface area contributed by atoms with E-state index in [1.807, 2.05) is 18.7 Å². The molecule has 0 aromatic rings. The van der Waals surface area contributed by atoms with Gasteiger partial charge in [-0.15, -0.1) is 0 Å². The van der Waals surface area contributed by atoms with Gasteiger partial charge >= 0.3 is 5.97 Å². The molecule has 1 fully saturated rings. The molecule has 0 aromatic carbocycles. The fraction of sp³-hybridized carbons (Fsp3) is 0.846. The van der Waals surface area contributed by atoms with E-state index < -0.39 is 5.97 Å². The second-order valence-corrected chi connectivity index (χ2v) is 4.78. The smallest absolute Gasteiger partial charge is 0.304 e. The van der Waals surface area contributed by atoms with Gasteiger partial charge in [0.25, 0.3) is 0 Å². The van der Waals surface area contributed by atoms with Crippen LogP contribution in [0.5, 0.6) is 0 Å². The molecule has 0 bridgehead atoms. The van der Waals surface area contributed by atoms with Gasteiger partial charge in [-0.3, -0.25) is 14.5 Å². The number of nitrogens with zero attached hydrogens (tertiary/aromatic N) is 2. The number of likely N-dealkylation sites (tertiary alicyclic amines) is 1. The SMILES string of the molecule is CCN(CC)C(=O)CN1CCCCC1CC(=O)O. The van der Waals surface area contributed by atoms with Crippen LogP contribution in [-0.2, 0) is 9.59 Å². The van der Waals surface area contributed by atoms with E-state index in [4.69, 9.17) is 5.11 Å². The molecule has 1 rings (SSSR count). The number of carboxylic acid groups (broad SMARTS) is 1. The van der Waals surface area contributed by atoms with Crippen molar-refractivity contribution in [2.24, 2.45) is 0 Å². The summed E-state index contributed by atoms with van der Waals surface area (Å²) >= 11 is 0. The van der Waals surface area contributed by atoms with Crippen molar-refractivity contribution in [3.63, 3.8) is 0 Å². The number of likely N-dealkylation sites (N-methyl/N-ethyl adjacent to an activating group) is 1. The van der Waals surface area contributed by atoms with Crippen molar-refractivity contribution in [1.29, 1.82) is 0 Å². The Morgan fingerprint density at radius 3 is 2.50 bits per heavy atom. The molecule has 1 aliphatic heterocycles. The van der Waals surface area contributed by atoms with Crippen molar-refractivity contribution in [3.05, 3.63) is 0 Å². The Morgan fingerprint density at radius 2 is 1.94 bits per heavy atom. The molecular weight excluding hydrogens is 232 g/mol. The molecule has 1 heterocycles. The van der Waals surface area contributed by atoms with Gasteiger partial charge in [-0.05, 0) is 33.2 Å². The second kappa shape index (κ2) is 7.36. The van der Waals surface area contributed by atoms with Crippen LogP contribution in [0.2, 0.25) is 0 Å². The van der Waals surface area contributed by atoms with Gasteiger partial charge in [-0.2, -0.15) is 0 Å². The maximum Gasteiger partial charge on any atom is 0.304 e. The lowest BCUT2D eigenvalue weighted by Gasteiger charge is -2.35. The third kappa shape index (κ3) is 4.29. The number of carbonyl (C=O) groups excluding carboxylic acids is 1. The first-order chi connectivity index (χ1) is 8.58. The number of rotatable bonds is 6. The molecule has 5 heteroatoms. The van der Waals surface area contributed by atoms with Crippen LogP contribution in [-0.4, -0.2) is 59.0 Å². The van der Waals surface area contributed by atoms with Crippen molar-refractivity contribution >= 4 is 11.9 Å². The number of carboxylic acids is 1. The van der Waals surface area contributed by atoms with Gasteiger partial charge in [0.15, 0.2) is 0 Å². The quantitative estimate of drug-likeness (QED) is 0.775. The van der Waals surface area contributed by atoms with Crippen LogP contribution in [0.4, 0.5) is 0 Å². The highest BCUT2D eigenvalue weighted by Crippen LogP contribution is 2.19. The molecular formula is C13H24N2O3. The number of piperidine rings is 1. The van der Waals surface area contributed by atoms with Crippen molar-refractivity contribution in [2.45, 2.75) is 45.6 Å². The van der Waals surface area contributed by atoms with E-state index in [-0.39, 0.29) is 18.4 Å². The van der Waals surface area contributed by atoms with Crippen LogP contribution in [0.3, 0.4) is 0 Å². The van der Waals surface area contributed by atoms with Gasteiger partial charge < -0.3 is 10.0 Å². The van der Waals surface area contributed by atoms with Gasteiger partial charge in [-0.25, -0.2) is 0 Å². The van der Waals surface area contributed by atoms with Gasteiger partial charge in [0.2, 0.25) is 5.91 Å². The third-order valence-electron chi connectivity index (χ3n) is 3.61. The summed E-state index contributed by atoms with van der Waals surface area (Å²) in [6.45, 7) is 6.56. The molecule has 1 N–H and O–H groups in total. The zero-order valence-electron chi connectivity index (χ0n) is 11.4. The lowest BCUT2D eigenvalue weighted by atomic mass is 9.99. The summed E-state index contributed by atoms with van der Waals surface area (Å²) < 4.78 is 0. The normalized spacial score (nSPS) is 20.7. The number of amides is 1. The van der Waals surface area contributed by atoms with Crippen LogP contribution >= 0.6 is 0 Å². The minimum absolute atomic E-state index is 0.0239. The molecule has 104 valence electrons. The molecule has 1 atom stereocenters. The largest absolute Gasteiger partial charge is 0.481 e. The highest BCUT2D eigenvalue weighted by molar-refractivity contribution is 5.78. The summed E-state index contributed by atoms with van der Waals surface area (Å²) in [5.41, 5.74) is 0. The molecule has 5 nitrogen and oxygen atoms in total. The Kier molecular flexibility index (Phi) is 6.12. The standard InChI is InChI=1S/C13H24N2O3/c1-3-14(4-2)12(16)10-15-8-6-5-7-11(15)9-13(17)18/h11H,3-10H2,1-2H3,(H,17,18). The maximum atomic E-state index is 12.0. The summed E-state index contributed by atoms with van der Waals surface area (Å²) in [5.74, 6) is -0.667. The number of hydrogen-bond donors (Lipinski definition) is 1. The van der Waals surface area contributed by atoms with Crippen LogP contribution in [0.1, 0.15) is 39.5 Å². The zero-order valence-corrected chi connectivity index (χ0v) is 11.4. The van der Waals surface area contributed by atoms with Gasteiger partial charge in [0, 0.05) is 19.1 Å². The Labute approximate surface area is 109 Å². The fourth-order valence-electron chi connectivity index (χ4n) is 2.55. The Balaban J connectivity index is 2.55.